The van der Waals surface area contributed by atoms with E-state index in [4.69, 9.17) is 22.3 Å². The standard InChI is InChI=1S/C26H34N6O6/c27-19(12-13-22(33)34)23(35)32-21(24(36)31-20(25(37)38)7-4-14-30-26(28)29)15-16-8-10-18(11-9-16)17-5-2-1-3-6-17/h1-3,5-6,8-11,19-21H,4,7,12-15,27H2,(H,31,36)(H,32,35)(H,33,34)(H,37,38)(H4,28,29,30)/p+1. The number of nitrogens with one attached hydrogen (secondary N) is 3. The van der Waals surface area contributed by atoms with Crippen LogP contribution in [0.3, 0.4) is 0 Å². The number of carbonyl (C=O) groups excluding carboxylic acids is 2. The van der Waals surface area contributed by atoms with Crippen molar-refractivity contribution in [1.29, 1.82) is 0 Å². The molecular formula is C26H35N6O6+. The molecule has 12 heteroatoms. The van der Waals surface area contributed by atoms with Gasteiger partial charge in [0.15, 0.2) is 0 Å². The molecule has 0 fully saturated rings. The first-order valence-corrected chi connectivity index (χ1v) is 12.1. The minimum atomic E-state index is -1.24. The smallest absolute Gasteiger partial charge is 0.338 e. The molecule has 0 aliphatic heterocycles. The highest BCUT2D eigenvalue weighted by Gasteiger charge is 2.28. The van der Waals surface area contributed by atoms with Crippen molar-refractivity contribution in [2.45, 2.75) is 50.2 Å². The molecule has 3 unspecified atom stereocenters. The van der Waals surface area contributed by atoms with Gasteiger partial charge in [-0.3, -0.25) is 30.8 Å². The van der Waals surface area contributed by atoms with Crippen LogP contribution in [-0.2, 0) is 25.6 Å². The molecule has 0 bridgehead atoms. The molecule has 0 spiro atoms. The van der Waals surface area contributed by atoms with Crippen LogP contribution in [0.1, 0.15) is 31.2 Å². The predicted octanol–water partition coefficient (Wildman–Crippen LogP) is -1.72. The summed E-state index contributed by atoms with van der Waals surface area (Å²) in [5, 5.41) is 23.5. The van der Waals surface area contributed by atoms with Gasteiger partial charge < -0.3 is 26.6 Å². The number of hydrogen-bond donors (Lipinski definition) is 8. The molecule has 2 amide bonds. The first kappa shape index (κ1) is 29.8. The number of aliphatic carboxylic acids is 2. The minimum Gasteiger partial charge on any atom is -0.481 e. The van der Waals surface area contributed by atoms with E-state index in [-0.39, 0.29) is 31.6 Å². The Morgan fingerprint density at radius 3 is 2.00 bits per heavy atom. The molecule has 0 aliphatic carbocycles. The predicted molar refractivity (Wildman–Crippen MR) is 140 cm³/mol. The average molecular weight is 528 g/mol. The zero-order valence-electron chi connectivity index (χ0n) is 20.9. The zero-order valence-corrected chi connectivity index (χ0v) is 20.9. The van der Waals surface area contributed by atoms with Crippen LogP contribution in [-0.4, -0.2) is 64.6 Å². The van der Waals surface area contributed by atoms with Crippen LogP contribution in [0.2, 0.25) is 0 Å². The Balaban J connectivity index is 2.17. The van der Waals surface area contributed by atoms with Crippen LogP contribution in [0.25, 0.3) is 11.1 Å². The molecule has 0 radical (unpaired) electrons. The van der Waals surface area contributed by atoms with E-state index in [1.54, 1.807) is 0 Å². The monoisotopic (exact) mass is 527 g/mol. The van der Waals surface area contributed by atoms with E-state index in [0.717, 1.165) is 11.1 Å². The van der Waals surface area contributed by atoms with Crippen molar-refractivity contribution in [3.8, 4) is 11.1 Å². The van der Waals surface area contributed by atoms with Crippen LogP contribution >= 0.6 is 0 Å². The van der Waals surface area contributed by atoms with Gasteiger partial charge in [-0.1, -0.05) is 54.6 Å². The van der Waals surface area contributed by atoms with Gasteiger partial charge in [0.05, 0.1) is 12.6 Å². The third kappa shape index (κ3) is 10.3. The van der Waals surface area contributed by atoms with Crippen LogP contribution in [0.5, 0.6) is 0 Å². The van der Waals surface area contributed by atoms with Crippen molar-refractivity contribution in [2.75, 3.05) is 6.54 Å². The van der Waals surface area contributed by atoms with Crippen LogP contribution in [0, 0.1) is 0 Å². The number of amides is 2. The van der Waals surface area contributed by atoms with Crippen LogP contribution in [0.15, 0.2) is 54.6 Å². The Kier molecular flexibility index (Phi) is 11.7. The van der Waals surface area contributed by atoms with Gasteiger partial charge in [-0.25, -0.2) is 4.79 Å². The highest BCUT2D eigenvalue weighted by molar-refractivity contribution is 5.92. The van der Waals surface area contributed by atoms with Gasteiger partial charge in [-0.15, -0.1) is 0 Å². The molecule has 2 rings (SSSR count). The van der Waals surface area contributed by atoms with Crippen molar-refractivity contribution in [2.24, 2.45) is 17.2 Å². The van der Waals surface area contributed by atoms with Crippen LogP contribution in [0.4, 0.5) is 0 Å². The average Bonchev–Trinajstić information content (AvgIpc) is 2.89. The molecule has 11 N–H and O–H groups in total. The fraction of sp³-hybridized carbons (Fsp3) is 0.346. The number of carboxylic acid groups (broad SMARTS) is 2. The van der Waals surface area contributed by atoms with E-state index in [2.05, 4.69) is 15.6 Å². The summed E-state index contributed by atoms with van der Waals surface area (Å²) in [6, 6.07) is 13.6. The van der Waals surface area contributed by atoms with Gasteiger partial charge in [-0.2, -0.15) is 0 Å². The lowest BCUT2D eigenvalue weighted by Gasteiger charge is -2.23. The van der Waals surface area contributed by atoms with E-state index in [1.165, 1.54) is 0 Å². The third-order valence-electron chi connectivity index (χ3n) is 5.75. The summed E-state index contributed by atoms with van der Waals surface area (Å²) in [6.07, 6.45) is 0.0730. The summed E-state index contributed by atoms with van der Waals surface area (Å²) in [5.74, 6) is -3.76. The molecule has 0 aromatic heterocycles. The van der Waals surface area contributed by atoms with E-state index in [0.29, 0.717) is 18.5 Å². The van der Waals surface area contributed by atoms with Crippen molar-refractivity contribution in [3.05, 3.63) is 60.2 Å². The Morgan fingerprint density at radius 1 is 0.816 bits per heavy atom. The molecule has 0 heterocycles. The van der Waals surface area contributed by atoms with Gasteiger partial charge in [0.1, 0.15) is 12.1 Å². The molecule has 12 nitrogen and oxygen atoms in total. The fourth-order valence-corrected chi connectivity index (χ4v) is 3.67. The lowest BCUT2D eigenvalue weighted by atomic mass is 9.99. The van der Waals surface area contributed by atoms with Crippen molar-refractivity contribution in [3.63, 3.8) is 0 Å². The summed E-state index contributed by atoms with van der Waals surface area (Å²) >= 11 is 0. The summed E-state index contributed by atoms with van der Waals surface area (Å²) in [4.78, 5) is 51.0. The molecule has 3 atom stereocenters. The largest absolute Gasteiger partial charge is 0.481 e. The Morgan fingerprint density at radius 2 is 1.42 bits per heavy atom. The highest BCUT2D eigenvalue weighted by Crippen LogP contribution is 2.20. The van der Waals surface area contributed by atoms with Gasteiger partial charge in [0.2, 0.25) is 11.8 Å². The van der Waals surface area contributed by atoms with Gasteiger partial charge >= 0.3 is 17.9 Å². The Bertz CT molecular complexity index is 1120. The minimum absolute atomic E-state index is 0.00112. The van der Waals surface area contributed by atoms with Gasteiger partial charge in [-0.05, 0) is 36.0 Å². The number of carboxylic acids is 2. The van der Waals surface area contributed by atoms with E-state index in [1.807, 2.05) is 54.6 Å². The molecule has 204 valence electrons. The quantitative estimate of drug-likeness (QED) is 0.0747. The first-order valence-electron chi connectivity index (χ1n) is 12.1. The van der Waals surface area contributed by atoms with Crippen molar-refractivity contribution >= 4 is 29.7 Å². The summed E-state index contributed by atoms with van der Waals surface area (Å²) in [5.41, 5.74) is 19.2. The maximum Gasteiger partial charge on any atom is 0.338 e. The van der Waals surface area contributed by atoms with E-state index < -0.39 is 41.9 Å². The van der Waals surface area contributed by atoms with E-state index >= 15 is 0 Å². The maximum absolute atomic E-state index is 13.1. The van der Waals surface area contributed by atoms with Gasteiger partial charge in [0, 0.05) is 12.8 Å². The fourth-order valence-electron chi connectivity index (χ4n) is 3.67. The number of rotatable bonds is 15. The third-order valence-corrected chi connectivity index (χ3v) is 5.75. The second-order valence-corrected chi connectivity index (χ2v) is 8.79. The van der Waals surface area contributed by atoms with Crippen LogP contribution < -0.4 is 32.8 Å². The molecule has 0 saturated heterocycles. The number of carbonyl (C=O) groups is 4. The molecular weight excluding hydrogens is 492 g/mol. The molecule has 2 aromatic carbocycles. The summed E-state index contributed by atoms with van der Waals surface area (Å²) in [7, 11) is 0. The highest BCUT2D eigenvalue weighted by atomic mass is 16.4. The topological polar surface area (TPSA) is 225 Å². The molecule has 38 heavy (non-hydrogen) atoms. The summed E-state index contributed by atoms with van der Waals surface area (Å²) < 4.78 is 0. The molecule has 0 aliphatic rings. The second kappa shape index (κ2) is 15.0. The second-order valence-electron chi connectivity index (χ2n) is 8.79. The number of hydrogen-bond acceptors (Lipinski definition) is 5. The van der Waals surface area contributed by atoms with Crippen molar-refractivity contribution in [1.82, 2.24) is 10.6 Å². The number of benzene rings is 2. The number of nitrogens with two attached hydrogens (primary N) is 3. The lowest BCUT2D eigenvalue weighted by molar-refractivity contribution is -0.459. The lowest BCUT2D eigenvalue weighted by Crippen LogP contribution is -2.78. The molecule has 2 aromatic rings. The molecule has 0 saturated carbocycles. The van der Waals surface area contributed by atoms with Gasteiger partial charge in [0.25, 0.3) is 0 Å². The normalized spacial score (nSPS) is 13.0. The first-order chi connectivity index (χ1) is 18.1. The van der Waals surface area contributed by atoms with Crippen molar-refractivity contribution < 1.29 is 34.4 Å². The Hall–Kier alpha value is -4.45. The SMILES string of the molecule is NC(N)=[NH+]CCCC(NC(=O)C(Cc1ccc(-c2ccccc2)cc1)NC(=O)C(N)CCC(=O)O)C(=O)O. The number of guanidine groups is 1. The van der Waals surface area contributed by atoms with E-state index in [9.17, 15) is 24.3 Å². The maximum atomic E-state index is 13.1. The zero-order chi connectivity index (χ0) is 28.1. The Labute approximate surface area is 220 Å². The summed E-state index contributed by atoms with van der Waals surface area (Å²) in [6.45, 7) is 0.314.